The van der Waals surface area contributed by atoms with E-state index in [1.807, 2.05) is 0 Å². The van der Waals surface area contributed by atoms with Crippen LogP contribution >= 0.6 is 0 Å². The van der Waals surface area contributed by atoms with Gasteiger partial charge in [-0.05, 0) is 37.3 Å². The summed E-state index contributed by atoms with van der Waals surface area (Å²) >= 11 is 0. The van der Waals surface area contributed by atoms with Crippen molar-refractivity contribution < 1.29 is 14.3 Å². The standard InChI is InChI=1S/C12H17NO3/c1-8(9-2-3-9)6-13-7-11-10(12(14)15)4-5-16-11/h4-5,8-9,13H,2-3,6-7H2,1H3,(H,14,15). The van der Waals surface area contributed by atoms with Crippen molar-refractivity contribution in [2.24, 2.45) is 11.8 Å². The second kappa shape index (κ2) is 4.70. The average molecular weight is 223 g/mol. The van der Waals surface area contributed by atoms with Gasteiger partial charge in [-0.25, -0.2) is 4.79 Å². The fourth-order valence-electron chi connectivity index (χ4n) is 1.91. The second-order valence-corrected chi connectivity index (χ2v) is 4.51. The number of furan rings is 1. The lowest BCUT2D eigenvalue weighted by atomic mass is 10.1. The molecule has 1 aromatic rings. The van der Waals surface area contributed by atoms with Gasteiger partial charge in [0.25, 0.3) is 0 Å². The lowest BCUT2D eigenvalue weighted by molar-refractivity contribution is 0.0694. The fraction of sp³-hybridized carbons (Fsp3) is 0.583. The van der Waals surface area contributed by atoms with Crippen molar-refractivity contribution >= 4 is 5.97 Å². The van der Waals surface area contributed by atoms with E-state index in [9.17, 15) is 4.79 Å². The molecular formula is C12H17NO3. The third-order valence-corrected chi connectivity index (χ3v) is 3.15. The molecule has 1 atom stereocenters. The van der Waals surface area contributed by atoms with Gasteiger partial charge in [-0.15, -0.1) is 0 Å². The Kier molecular flexibility index (Phi) is 3.29. The number of aromatic carboxylic acids is 1. The Balaban J connectivity index is 1.80. The van der Waals surface area contributed by atoms with Crippen LogP contribution < -0.4 is 5.32 Å². The topological polar surface area (TPSA) is 62.5 Å². The molecule has 2 N–H and O–H groups in total. The zero-order chi connectivity index (χ0) is 11.5. The summed E-state index contributed by atoms with van der Waals surface area (Å²) in [6.45, 7) is 3.64. The predicted octanol–water partition coefficient (Wildman–Crippen LogP) is 2.11. The lowest BCUT2D eigenvalue weighted by Gasteiger charge is -2.10. The van der Waals surface area contributed by atoms with E-state index in [1.54, 1.807) is 0 Å². The molecule has 4 heteroatoms. The first-order valence-electron chi connectivity index (χ1n) is 5.69. The highest BCUT2D eigenvalue weighted by molar-refractivity contribution is 5.88. The zero-order valence-corrected chi connectivity index (χ0v) is 9.40. The average Bonchev–Trinajstić information content (AvgIpc) is 2.98. The van der Waals surface area contributed by atoms with Crippen LogP contribution in [0.1, 0.15) is 35.9 Å². The second-order valence-electron chi connectivity index (χ2n) is 4.51. The molecule has 1 unspecified atom stereocenters. The van der Waals surface area contributed by atoms with Crippen molar-refractivity contribution in [2.45, 2.75) is 26.3 Å². The summed E-state index contributed by atoms with van der Waals surface area (Å²) in [4.78, 5) is 10.8. The molecule has 0 aromatic carbocycles. The maximum atomic E-state index is 10.8. The van der Waals surface area contributed by atoms with E-state index in [0.29, 0.717) is 18.2 Å². The van der Waals surface area contributed by atoms with Crippen LogP contribution in [0.25, 0.3) is 0 Å². The first-order valence-corrected chi connectivity index (χ1v) is 5.69. The fourth-order valence-corrected chi connectivity index (χ4v) is 1.91. The van der Waals surface area contributed by atoms with Crippen molar-refractivity contribution in [3.05, 3.63) is 23.7 Å². The molecule has 1 aromatic heterocycles. The highest BCUT2D eigenvalue weighted by Crippen LogP contribution is 2.36. The smallest absolute Gasteiger partial charge is 0.339 e. The van der Waals surface area contributed by atoms with Crippen molar-refractivity contribution in [2.75, 3.05) is 6.54 Å². The lowest BCUT2D eigenvalue weighted by Crippen LogP contribution is -2.22. The van der Waals surface area contributed by atoms with Gasteiger partial charge in [-0.1, -0.05) is 6.92 Å². The summed E-state index contributed by atoms with van der Waals surface area (Å²) in [5.74, 6) is 1.11. The van der Waals surface area contributed by atoms with Gasteiger partial charge in [-0.3, -0.25) is 0 Å². The normalized spacial score (nSPS) is 17.3. The Bertz CT molecular complexity index is 368. The first kappa shape index (κ1) is 11.2. The van der Waals surface area contributed by atoms with E-state index in [0.717, 1.165) is 12.5 Å². The van der Waals surface area contributed by atoms with Gasteiger partial charge in [0.2, 0.25) is 0 Å². The maximum absolute atomic E-state index is 10.8. The number of nitrogens with one attached hydrogen (secondary N) is 1. The number of carboxylic acids is 1. The Labute approximate surface area is 94.6 Å². The molecule has 16 heavy (non-hydrogen) atoms. The minimum atomic E-state index is -0.930. The molecule has 1 aliphatic rings. The summed E-state index contributed by atoms with van der Waals surface area (Å²) in [6.07, 6.45) is 4.10. The third-order valence-electron chi connectivity index (χ3n) is 3.15. The van der Waals surface area contributed by atoms with E-state index in [4.69, 9.17) is 9.52 Å². The molecule has 2 rings (SSSR count). The summed E-state index contributed by atoms with van der Waals surface area (Å²) in [5.41, 5.74) is 0.256. The van der Waals surface area contributed by atoms with Gasteiger partial charge in [0, 0.05) is 0 Å². The highest BCUT2D eigenvalue weighted by atomic mass is 16.4. The number of rotatable bonds is 6. The molecule has 1 aliphatic carbocycles. The minimum Gasteiger partial charge on any atom is -0.478 e. The van der Waals surface area contributed by atoms with Crippen LogP contribution in [0.2, 0.25) is 0 Å². The van der Waals surface area contributed by atoms with Gasteiger partial charge < -0.3 is 14.8 Å². The predicted molar refractivity (Wildman–Crippen MR) is 59.3 cm³/mol. The van der Waals surface area contributed by atoms with E-state index in [2.05, 4.69) is 12.2 Å². The van der Waals surface area contributed by atoms with Crippen molar-refractivity contribution in [1.29, 1.82) is 0 Å². The Morgan fingerprint density at radius 3 is 3.06 bits per heavy atom. The number of carbonyl (C=O) groups is 1. The summed E-state index contributed by atoms with van der Waals surface area (Å²) < 4.78 is 5.14. The molecule has 1 fully saturated rings. The maximum Gasteiger partial charge on any atom is 0.339 e. The molecule has 0 saturated heterocycles. The molecule has 0 spiro atoms. The van der Waals surface area contributed by atoms with E-state index >= 15 is 0 Å². The van der Waals surface area contributed by atoms with Crippen LogP contribution in [0.5, 0.6) is 0 Å². The quantitative estimate of drug-likeness (QED) is 0.775. The van der Waals surface area contributed by atoms with Crippen LogP contribution in [0.4, 0.5) is 0 Å². The van der Waals surface area contributed by atoms with Crippen molar-refractivity contribution in [1.82, 2.24) is 5.32 Å². The molecule has 4 nitrogen and oxygen atoms in total. The molecule has 0 radical (unpaired) electrons. The number of hydrogen-bond acceptors (Lipinski definition) is 3. The summed E-state index contributed by atoms with van der Waals surface area (Å²) in [7, 11) is 0. The summed E-state index contributed by atoms with van der Waals surface area (Å²) in [6, 6.07) is 1.49. The van der Waals surface area contributed by atoms with Crippen molar-refractivity contribution in [3.63, 3.8) is 0 Å². The van der Waals surface area contributed by atoms with E-state index in [-0.39, 0.29) is 5.56 Å². The van der Waals surface area contributed by atoms with Gasteiger partial charge in [-0.2, -0.15) is 0 Å². The number of hydrogen-bond donors (Lipinski definition) is 2. The first-order chi connectivity index (χ1) is 7.68. The number of carboxylic acid groups (broad SMARTS) is 1. The Morgan fingerprint density at radius 1 is 1.69 bits per heavy atom. The van der Waals surface area contributed by atoms with E-state index in [1.165, 1.54) is 25.2 Å². The largest absolute Gasteiger partial charge is 0.478 e. The molecular weight excluding hydrogens is 206 g/mol. The van der Waals surface area contributed by atoms with Crippen LogP contribution in [0, 0.1) is 11.8 Å². The van der Waals surface area contributed by atoms with E-state index < -0.39 is 5.97 Å². The Hall–Kier alpha value is -1.29. The third kappa shape index (κ3) is 2.64. The molecule has 0 aliphatic heterocycles. The molecule has 1 heterocycles. The van der Waals surface area contributed by atoms with Crippen LogP contribution in [-0.2, 0) is 6.54 Å². The minimum absolute atomic E-state index is 0.256. The van der Waals surface area contributed by atoms with Crippen LogP contribution in [-0.4, -0.2) is 17.6 Å². The summed E-state index contributed by atoms with van der Waals surface area (Å²) in [5, 5.41) is 12.1. The molecule has 1 saturated carbocycles. The molecule has 0 bridgehead atoms. The molecule has 88 valence electrons. The van der Waals surface area contributed by atoms with Crippen LogP contribution in [0.15, 0.2) is 16.7 Å². The Morgan fingerprint density at radius 2 is 2.44 bits per heavy atom. The van der Waals surface area contributed by atoms with Gasteiger partial charge >= 0.3 is 5.97 Å². The van der Waals surface area contributed by atoms with Crippen LogP contribution in [0.3, 0.4) is 0 Å². The zero-order valence-electron chi connectivity index (χ0n) is 9.40. The van der Waals surface area contributed by atoms with Crippen molar-refractivity contribution in [3.8, 4) is 0 Å². The van der Waals surface area contributed by atoms with Gasteiger partial charge in [0.1, 0.15) is 11.3 Å². The highest BCUT2D eigenvalue weighted by Gasteiger charge is 2.27. The molecule has 0 amide bonds. The SMILES string of the molecule is CC(CNCc1occc1C(=O)O)C1CC1. The van der Waals surface area contributed by atoms with Gasteiger partial charge in [0.05, 0.1) is 12.8 Å². The van der Waals surface area contributed by atoms with Gasteiger partial charge in [0.15, 0.2) is 0 Å². The monoisotopic (exact) mass is 223 g/mol.